The van der Waals surface area contributed by atoms with Crippen LogP contribution < -0.4 is 15.6 Å². The molecule has 0 fully saturated rings. The first kappa shape index (κ1) is 19.9. The summed E-state index contributed by atoms with van der Waals surface area (Å²) in [6.07, 6.45) is 1.85. The van der Waals surface area contributed by atoms with Crippen LogP contribution in [-0.2, 0) is 11.3 Å². The highest BCUT2D eigenvalue weighted by Crippen LogP contribution is 2.20. The van der Waals surface area contributed by atoms with Crippen molar-refractivity contribution in [1.29, 1.82) is 0 Å². The van der Waals surface area contributed by atoms with Gasteiger partial charge >= 0.3 is 0 Å². The molecule has 1 aromatic heterocycles. The van der Waals surface area contributed by atoms with Crippen molar-refractivity contribution in [3.8, 4) is 5.75 Å². The second kappa shape index (κ2) is 9.41. The summed E-state index contributed by atoms with van der Waals surface area (Å²) >= 11 is 1.27. The van der Waals surface area contributed by atoms with Crippen molar-refractivity contribution >= 4 is 34.3 Å². The molecule has 0 bridgehead atoms. The maximum absolute atomic E-state index is 12.9. The number of anilines is 1. The van der Waals surface area contributed by atoms with Crippen LogP contribution in [0.4, 0.5) is 5.69 Å². The third kappa shape index (κ3) is 4.72. The number of carbonyl (C=O) groups is 1. The topological polar surface area (TPSA) is 73.2 Å². The van der Waals surface area contributed by atoms with Crippen LogP contribution in [0, 0.1) is 0 Å². The molecule has 0 unspecified atom stereocenters. The van der Waals surface area contributed by atoms with Crippen molar-refractivity contribution in [1.82, 2.24) is 9.55 Å². The van der Waals surface area contributed by atoms with Gasteiger partial charge in [-0.05, 0) is 30.7 Å². The molecule has 0 aliphatic rings. The predicted octanol–water partition coefficient (Wildman–Crippen LogP) is 3.94. The lowest BCUT2D eigenvalue weighted by molar-refractivity contribution is -0.113. The second-order valence-corrected chi connectivity index (χ2v) is 7.23. The number of nitrogens with zero attached hydrogens (tertiary/aromatic N) is 2. The van der Waals surface area contributed by atoms with E-state index in [2.05, 4.69) is 17.2 Å². The van der Waals surface area contributed by atoms with Gasteiger partial charge in [0.25, 0.3) is 5.56 Å². The number of aromatic nitrogens is 2. The minimum absolute atomic E-state index is 0.0604. The van der Waals surface area contributed by atoms with Gasteiger partial charge in [0.2, 0.25) is 5.91 Å². The number of methoxy groups -OCH3 is 1. The Kier molecular flexibility index (Phi) is 6.71. The van der Waals surface area contributed by atoms with E-state index in [-0.39, 0.29) is 17.2 Å². The van der Waals surface area contributed by atoms with Crippen LogP contribution in [0.25, 0.3) is 10.9 Å². The number of hydrogen-bond donors (Lipinski definition) is 1. The van der Waals surface area contributed by atoms with E-state index >= 15 is 0 Å². The summed E-state index contributed by atoms with van der Waals surface area (Å²) in [4.78, 5) is 29.8. The van der Waals surface area contributed by atoms with Crippen molar-refractivity contribution in [2.45, 2.75) is 31.5 Å². The summed E-state index contributed by atoms with van der Waals surface area (Å²) in [6.45, 7) is 2.67. The lowest BCUT2D eigenvalue weighted by Gasteiger charge is -2.13. The highest BCUT2D eigenvalue weighted by molar-refractivity contribution is 7.99. The number of carbonyl (C=O) groups excluding carboxylic acids is 1. The summed E-state index contributed by atoms with van der Waals surface area (Å²) < 4.78 is 6.84. The summed E-state index contributed by atoms with van der Waals surface area (Å²) in [7, 11) is 1.58. The van der Waals surface area contributed by atoms with E-state index in [0.29, 0.717) is 34.0 Å². The van der Waals surface area contributed by atoms with Crippen LogP contribution in [0.15, 0.2) is 58.5 Å². The Bertz CT molecular complexity index is 1030. The minimum atomic E-state index is -0.164. The summed E-state index contributed by atoms with van der Waals surface area (Å²) in [5.74, 6) is 0.673. The molecule has 3 rings (SSSR count). The van der Waals surface area contributed by atoms with E-state index in [9.17, 15) is 9.59 Å². The Morgan fingerprint density at radius 2 is 2.04 bits per heavy atom. The Balaban J connectivity index is 1.78. The van der Waals surface area contributed by atoms with Gasteiger partial charge in [0.05, 0.1) is 23.8 Å². The molecular weight excluding hydrogens is 374 g/mol. The molecule has 0 aliphatic carbocycles. The molecule has 0 spiro atoms. The molecule has 1 N–H and O–H groups in total. The Labute approximate surface area is 167 Å². The smallest absolute Gasteiger partial charge is 0.262 e. The molecule has 7 heteroatoms. The van der Waals surface area contributed by atoms with Gasteiger partial charge in [-0.2, -0.15) is 0 Å². The summed E-state index contributed by atoms with van der Waals surface area (Å²) in [6, 6.07) is 14.5. The zero-order valence-corrected chi connectivity index (χ0v) is 16.8. The van der Waals surface area contributed by atoms with Crippen molar-refractivity contribution in [3.63, 3.8) is 0 Å². The van der Waals surface area contributed by atoms with Crippen molar-refractivity contribution in [2.24, 2.45) is 0 Å². The largest absolute Gasteiger partial charge is 0.497 e. The molecular formula is C21H23N3O3S. The normalized spacial score (nSPS) is 10.8. The molecule has 0 radical (unpaired) electrons. The lowest BCUT2D eigenvalue weighted by Crippen LogP contribution is -2.24. The molecule has 0 atom stereocenters. The number of rotatable bonds is 8. The number of thioether (sulfide) groups is 1. The maximum Gasteiger partial charge on any atom is 0.262 e. The first-order valence-corrected chi connectivity index (χ1v) is 10.2. The van der Waals surface area contributed by atoms with Gasteiger partial charge in [-0.1, -0.05) is 43.3 Å². The van der Waals surface area contributed by atoms with E-state index in [1.54, 1.807) is 29.9 Å². The van der Waals surface area contributed by atoms with E-state index in [4.69, 9.17) is 4.74 Å². The molecule has 6 nitrogen and oxygen atoms in total. The molecule has 28 heavy (non-hydrogen) atoms. The quantitative estimate of drug-likeness (QED) is 0.460. The van der Waals surface area contributed by atoms with Gasteiger partial charge < -0.3 is 10.1 Å². The van der Waals surface area contributed by atoms with Crippen LogP contribution in [0.3, 0.4) is 0 Å². The van der Waals surface area contributed by atoms with Gasteiger partial charge in [0, 0.05) is 18.3 Å². The number of ether oxygens (including phenoxy) is 1. The first-order chi connectivity index (χ1) is 13.6. The minimum Gasteiger partial charge on any atom is -0.497 e. The molecule has 1 heterocycles. The molecule has 0 saturated carbocycles. The first-order valence-electron chi connectivity index (χ1n) is 9.18. The maximum atomic E-state index is 12.9. The zero-order chi connectivity index (χ0) is 19.9. The van der Waals surface area contributed by atoms with E-state index in [0.717, 1.165) is 12.8 Å². The number of unbranched alkanes of at least 4 members (excludes halogenated alkanes) is 1. The SMILES string of the molecule is CCCCn1c(SCC(=O)Nc2cccc(OC)c2)nc2ccccc2c1=O. The van der Waals surface area contributed by atoms with Gasteiger partial charge in [0.15, 0.2) is 5.16 Å². The van der Waals surface area contributed by atoms with E-state index in [1.807, 2.05) is 30.3 Å². The van der Waals surface area contributed by atoms with Gasteiger partial charge in [-0.3, -0.25) is 14.2 Å². The molecule has 1 amide bonds. The average molecular weight is 398 g/mol. The van der Waals surface area contributed by atoms with Crippen molar-refractivity contribution in [2.75, 3.05) is 18.2 Å². The second-order valence-electron chi connectivity index (χ2n) is 6.29. The predicted molar refractivity (Wildman–Crippen MR) is 113 cm³/mol. The Morgan fingerprint density at radius 3 is 2.82 bits per heavy atom. The Morgan fingerprint density at radius 1 is 1.21 bits per heavy atom. The molecule has 146 valence electrons. The van der Waals surface area contributed by atoms with E-state index < -0.39 is 0 Å². The van der Waals surface area contributed by atoms with Crippen LogP contribution in [0.2, 0.25) is 0 Å². The summed E-state index contributed by atoms with van der Waals surface area (Å²) in [5, 5.41) is 4.01. The number of amides is 1. The Hall–Kier alpha value is -2.80. The van der Waals surface area contributed by atoms with Gasteiger partial charge in [-0.15, -0.1) is 0 Å². The summed E-state index contributed by atoms with van der Waals surface area (Å²) in [5.41, 5.74) is 1.26. The van der Waals surface area contributed by atoms with Crippen LogP contribution in [-0.4, -0.2) is 28.3 Å². The lowest BCUT2D eigenvalue weighted by atomic mass is 10.2. The van der Waals surface area contributed by atoms with Crippen LogP contribution in [0.1, 0.15) is 19.8 Å². The number of nitrogens with one attached hydrogen (secondary N) is 1. The van der Waals surface area contributed by atoms with E-state index in [1.165, 1.54) is 11.8 Å². The third-order valence-corrected chi connectivity index (χ3v) is 5.22. The number of hydrogen-bond acceptors (Lipinski definition) is 5. The fourth-order valence-electron chi connectivity index (χ4n) is 2.80. The number of fused-ring (bicyclic) bond motifs is 1. The third-order valence-electron chi connectivity index (χ3n) is 4.25. The fraction of sp³-hybridized carbons (Fsp3) is 0.286. The molecule has 2 aromatic carbocycles. The standard InChI is InChI=1S/C21H23N3O3S/c1-3-4-12-24-20(26)17-10-5-6-11-18(17)23-21(24)28-14-19(25)22-15-8-7-9-16(13-15)27-2/h5-11,13H,3-4,12,14H2,1-2H3,(H,22,25). The number of para-hydroxylation sites is 1. The zero-order valence-electron chi connectivity index (χ0n) is 16.0. The van der Waals surface area contributed by atoms with Crippen molar-refractivity contribution in [3.05, 3.63) is 58.9 Å². The van der Waals surface area contributed by atoms with Gasteiger partial charge in [-0.25, -0.2) is 4.98 Å². The highest BCUT2D eigenvalue weighted by Gasteiger charge is 2.13. The van der Waals surface area contributed by atoms with Crippen LogP contribution in [0.5, 0.6) is 5.75 Å². The monoisotopic (exact) mass is 397 g/mol. The molecule has 0 aliphatic heterocycles. The highest BCUT2D eigenvalue weighted by atomic mass is 32.2. The number of benzene rings is 2. The molecule has 0 saturated heterocycles. The van der Waals surface area contributed by atoms with Gasteiger partial charge in [0.1, 0.15) is 5.75 Å². The molecule has 3 aromatic rings. The van der Waals surface area contributed by atoms with Crippen LogP contribution >= 0.6 is 11.8 Å². The fourth-order valence-corrected chi connectivity index (χ4v) is 3.62. The average Bonchev–Trinajstić information content (AvgIpc) is 2.72. The van der Waals surface area contributed by atoms with Crippen molar-refractivity contribution < 1.29 is 9.53 Å².